The van der Waals surface area contributed by atoms with E-state index in [9.17, 15) is 9.18 Å². The molecule has 0 saturated carbocycles. The molecule has 1 heterocycles. The number of carbonyl (C=O) groups is 1. The molecule has 0 bridgehead atoms. The molecule has 1 saturated heterocycles. The number of rotatable bonds is 6. The lowest BCUT2D eigenvalue weighted by Gasteiger charge is -2.28. The van der Waals surface area contributed by atoms with Gasteiger partial charge in [0.2, 0.25) is 5.91 Å². The number of carbonyl (C=O) groups excluding carboxylic acids is 1. The van der Waals surface area contributed by atoms with E-state index in [4.69, 9.17) is 0 Å². The third kappa shape index (κ3) is 3.43. The lowest BCUT2D eigenvalue weighted by molar-refractivity contribution is -0.130. The smallest absolute Gasteiger partial charge is 0.241 e. The summed E-state index contributed by atoms with van der Waals surface area (Å²) in [5, 5.41) is 3.38. The standard InChI is InChI=1S/C17H25FN2O/c1-4-12(5-2)11-20-16(19-15(6-3)17(20)21)13-7-9-14(18)10-8-13/h7-10,12,15-16,19H,4-6,11H2,1-3H3. The number of benzene rings is 1. The van der Waals surface area contributed by atoms with Crippen molar-refractivity contribution in [2.24, 2.45) is 5.92 Å². The first-order valence-electron chi connectivity index (χ1n) is 7.92. The van der Waals surface area contributed by atoms with Crippen molar-refractivity contribution >= 4 is 5.91 Å². The summed E-state index contributed by atoms with van der Waals surface area (Å²) in [4.78, 5) is 14.5. The zero-order valence-corrected chi connectivity index (χ0v) is 13.1. The van der Waals surface area contributed by atoms with Crippen LogP contribution in [0, 0.1) is 11.7 Å². The quantitative estimate of drug-likeness (QED) is 0.870. The molecule has 2 unspecified atom stereocenters. The molecule has 0 spiro atoms. The van der Waals surface area contributed by atoms with E-state index >= 15 is 0 Å². The van der Waals surface area contributed by atoms with E-state index < -0.39 is 0 Å². The molecule has 116 valence electrons. The second kappa shape index (κ2) is 7.03. The van der Waals surface area contributed by atoms with E-state index in [1.165, 1.54) is 12.1 Å². The van der Waals surface area contributed by atoms with Crippen molar-refractivity contribution in [2.45, 2.75) is 52.2 Å². The molecule has 0 radical (unpaired) electrons. The predicted molar refractivity (Wildman–Crippen MR) is 82.1 cm³/mol. The fraction of sp³-hybridized carbons (Fsp3) is 0.588. The van der Waals surface area contributed by atoms with Crippen molar-refractivity contribution in [2.75, 3.05) is 6.54 Å². The SMILES string of the molecule is CCC(CC)CN1C(=O)C(CC)NC1c1ccc(F)cc1. The summed E-state index contributed by atoms with van der Waals surface area (Å²) in [6.07, 6.45) is 2.76. The molecule has 0 aromatic heterocycles. The second-order valence-electron chi connectivity index (χ2n) is 5.75. The molecule has 1 fully saturated rings. The van der Waals surface area contributed by atoms with Crippen LogP contribution >= 0.6 is 0 Å². The third-order valence-corrected chi connectivity index (χ3v) is 4.46. The monoisotopic (exact) mass is 292 g/mol. The summed E-state index contributed by atoms with van der Waals surface area (Å²) in [7, 11) is 0. The molecular weight excluding hydrogens is 267 g/mol. The third-order valence-electron chi connectivity index (χ3n) is 4.46. The number of hydrogen-bond acceptors (Lipinski definition) is 2. The van der Waals surface area contributed by atoms with Crippen LogP contribution in [-0.2, 0) is 4.79 Å². The van der Waals surface area contributed by atoms with E-state index in [2.05, 4.69) is 19.2 Å². The van der Waals surface area contributed by atoms with Crippen molar-refractivity contribution in [1.82, 2.24) is 10.2 Å². The van der Waals surface area contributed by atoms with Gasteiger partial charge in [0.05, 0.1) is 6.04 Å². The summed E-state index contributed by atoms with van der Waals surface area (Å²) in [6, 6.07) is 6.30. The Balaban J connectivity index is 2.23. The van der Waals surface area contributed by atoms with Crippen LogP contribution in [0.1, 0.15) is 51.8 Å². The fourth-order valence-electron chi connectivity index (χ4n) is 2.91. The first kappa shape index (κ1) is 16.0. The van der Waals surface area contributed by atoms with Crippen LogP contribution in [0.5, 0.6) is 0 Å². The van der Waals surface area contributed by atoms with Crippen molar-refractivity contribution in [1.29, 1.82) is 0 Å². The molecule has 1 aromatic rings. The van der Waals surface area contributed by atoms with Crippen molar-refractivity contribution in [3.63, 3.8) is 0 Å². The normalized spacial score (nSPS) is 22.3. The van der Waals surface area contributed by atoms with Gasteiger partial charge < -0.3 is 4.90 Å². The maximum Gasteiger partial charge on any atom is 0.241 e. The van der Waals surface area contributed by atoms with Crippen LogP contribution in [0.3, 0.4) is 0 Å². The Morgan fingerprint density at radius 3 is 2.33 bits per heavy atom. The molecule has 21 heavy (non-hydrogen) atoms. The zero-order valence-electron chi connectivity index (χ0n) is 13.1. The minimum Gasteiger partial charge on any atom is -0.321 e. The average Bonchev–Trinajstić information content (AvgIpc) is 2.82. The van der Waals surface area contributed by atoms with Gasteiger partial charge in [-0.2, -0.15) is 0 Å². The Kier molecular flexibility index (Phi) is 5.34. The van der Waals surface area contributed by atoms with Crippen LogP contribution in [0.25, 0.3) is 0 Å². The molecule has 1 aliphatic heterocycles. The van der Waals surface area contributed by atoms with Gasteiger partial charge in [-0.25, -0.2) is 4.39 Å². The molecule has 2 atom stereocenters. The molecule has 1 aromatic carbocycles. The first-order chi connectivity index (χ1) is 10.1. The Hall–Kier alpha value is -1.42. The summed E-state index contributed by atoms with van der Waals surface area (Å²) in [5.41, 5.74) is 0.951. The summed E-state index contributed by atoms with van der Waals surface area (Å²) in [5.74, 6) is 0.426. The van der Waals surface area contributed by atoms with Crippen LogP contribution in [-0.4, -0.2) is 23.4 Å². The molecule has 0 aliphatic carbocycles. The van der Waals surface area contributed by atoms with Gasteiger partial charge in [-0.15, -0.1) is 0 Å². The Morgan fingerprint density at radius 2 is 1.81 bits per heavy atom. The highest BCUT2D eigenvalue weighted by Gasteiger charge is 2.39. The Labute approximate surface area is 126 Å². The van der Waals surface area contributed by atoms with Gasteiger partial charge >= 0.3 is 0 Å². The van der Waals surface area contributed by atoms with Crippen LogP contribution in [0.2, 0.25) is 0 Å². The highest BCUT2D eigenvalue weighted by Crippen LogP contribution is 2.28. The van der Waals surface area contributed by atoms with Gasteiger partial charge in [-0.3, -0.25) is 10.1 Å². The molecule has 1 N–H and O–H groups in total. The molecular formula is C17H25FN2O. The topological polar surface area (TPSA) is 32.3 Å². The van der Waals surface area contributed by atoms with E-state index in [-0.39, 0.29) is 23.9 Å². The lowest BCUT2D eigenvalue weighted by atomic mass is 10.0. The molecule has 4 heteroatoms. The van der Waals surface area contributed by atoms with Crippen molar-refractivity contribution < 1.29 is 9.18 Å². The Morgan fingerprint density at radius 1 is 1.19 bits per heavy atom. The van der Waals surface area contributed by atoms with Gasteiger partial charge in [0, 0.05) is 6.54 Å². The van der Waals surface area contributed by atoms with Crippen LogP contribution in [0.4, 0.5) is 4.39 Å². The summed E-state index contributed by atoms with van der Waals surface area (Å²) >= 11 is 0. The van der Waals surface area contributed by atoms with Crippen LogP contribution < -0.4 is 5.32 Å². The van der Waals surface area contributed by atoms with Gasteiger partial charge in [-0.05, 0) is 30.0 Å². The minimum absolute atomic E-state index is 0.130. The number of nitrogens with one attached hydrogen (secondary N) is 1. The summed E-state index contributed by atoms with van der Waals surface area (Å²) in [6.45, 7) is 7.09. The van der Waals surface area contributed by atoms with E-state index in [1.807, 2.05) is 11.8 Å². The van der Waals surface area contributed by atoms with Crippen molar-refractivity contribution in [3.8, 4) is 0 Å². The van der Waals surface area contributed by atoms with E-state index in [0.29, 0.717) is 5.92 Å². The van der Waals surface area contributed by atoms with Gasteiger partial charge in [0.1, 0.15) is 12.0 Å². The summed E-state index contributed by atoms with van der Waals surface area (Å²) < 4.78 is 13.1. The molecule has 1 aliphatic rings. The maximum atomic E-state index is 13.1. The highest BCUT2D eigenvalue weighted by atomic mass is 19.1. The molecule has 1 amide bonds. The van der Waals surface area contributed by atoms with E-state index in [1.54, 1.807) is 12.1 Å². The van der Waals surface area contributed by atoms with Crippen LogP contribution in [0.15, 0.2) is 24.3 Å². The lowest BCUT2D eigenvalue weighted by Crippen LogP contribution is -2.35. The fourth-order valence-corrected chi connectivity index (χ4v) is 2.91. The highest BCUT2D eigenvalue weighted by molar-refractivity contribution is 5.84. The van der Waals surface area contributed by atoms with Gasteiger partial charge in [0.15, 0.2) is 0 Å². The van der Waals surface area contributed by atoms with Crippen molar-refractivity contribution in [3.05, 3.63) is 35.6 Å². The molecule has 2 rings (SSSR count). The maximum absolute atomic E-state index is 13.1. The largest absolute Gasteiger partial charge is 0.321 e. The first-order valence-corrected chi connectivity index (χ1v) is 7.92. The zero-order chi connectivity index (χ0) is 15.4. The minimum atomic E-state index is -0.248. The predicted octanol–water partition coefficient (Wildman–Crippen LogP) is 3.47. The number of hydrogen-bond donors (Lipinski definition) is 1. The molecule has 3 nitrogen and oxygen atoms in total. The number of halogens is 1. The van der Waals surface area contributed by atoms with Gasteiger partial charge in [0.25, 0.3) is 0 Å². The van der Waals surface area contributed by atoms with Gasteiger partial charge in [-0.1, -0.05) is 45.7 Å². The Bertz CT molecular complexity index is 470. The number of amides is 1. The average molecular weight is 292 g/mol. The number of nitrogens with zero attached hydrogens (tertiary/aromatic N) is 1. The second-order valence-corrected chi connectivity index (χ2v) is 5.75. The van der Waals surface area contributed by atoms with E-state index in [0.717, 1.165) is 31.4 Å².